The van der Waals surface area contributed by atoms with Crippen molar-refractivity contribution in [3.8, 4) is 5.75 Å². The molecule has 0 spiro atoms. The molecule has 31 heavy (non-hydrogen) atoms. The van der Waals surface area contributed by atoms with Crippen molar-refractivity contribution in [1.29, 1.82) is 0 Å². The predicted octanol–water partition coefficient (Wildman–Crippen LogP) is 4.27. The van der Waals surface area contributed by atoms with Crippen LogP contribution in [0.1, 0.15) is 41.6 Å². The number of pyridine rings is 1. The summed E-state index contributed by atoms with van der Waals surface area (Å²) in [5.74, 6) is -0.654. The first kappa shape index (κ1) is 22.0. The van der Waals surface area contributed by atoms with Crippen LogP contribution in [0.4, 0.5) is 5.69 Å². The number of anilines is 1. The summed E-state index contributed by atoms with van der Waals surface area (Å²) >= 11 is 0. The molecular weight excluding hydrogens is 396 g/mol. The van der Waals surface area contributed by atoms with Gasteiger partial charge in [0.2, 0.25) is 0 Å². The Balaban J connectivity index is 1.77. The standard InChI is InChI=1S/C24H24N2O5/c1-24(2,3)21(27)14-31-23(29)17-7-5-6-8-19(17)26-22(28)20-11-9-15-13-16(30-4)10-12-18(15)25-20/h5-13H,14H2,1-4H3,(H,26,28). The summed E-state index contributed by atoms with van der Waals surface area (Å²) in [7, 11) is 1.58. The minimum absolute atomic E-state index is 0.156. The molecule has 1 N–H and O–H groups in total. The maximum Gasteiger partial charge on any atom is 0.340 e. The Bertz CT molecular complexity index is 1150. The van der Waals surface area contributed by atoms with Crippen LogP contribution in [0.5, 0.6) is 5.75 Å². The fourth-order valence-corrected chi connectivity index (χ4v) is 2.74. The fourth-order valence-electron chi connectivity index (χ4n) is 2.74. The van der Waals surface area contributed by atoms with Crippen LogP contribution >= 0.6 is 0 Å². The van der Waals surface area contributed by atoms with Gasteiger partial charge in [-0.2, -0.15) is 0 Å². The average molecular weight is 420 g/mol. The van der Waals surface area contributed by atoms with E-state index >= 15 is 0 Å². The Morgan fingerprint density at radius 2 is 1.74 bits per heavy atom. The molecule has 0 saturated carbocycles. The van der Waals surface area contributed by atoms with E-state index in [0.717, 1.165) is 5.39 Å². The number of Topliss-reactive ketones (excluding diaryl/α,β-unsaturated/α-hetero) is 1. The third kappa shape index (κ3) is 5.25. The Labute approximate surface area is 180 Å². The highest BCUT2D eigenvalue weighted by Gasteiger charge is 2.23. The minimum atomic E-state index is -0.688. The Kier molecular flexibility index (Phi) is 6.34. The minimum Gasteiger partial charge on any atom is -0.497 e. The smallest absolute Gasteiger partial charge is 0.340 e. The van der Waals surface area contributed by atoms with E-state index in [2.05, 4.69) is 10.3 Å². The quantitative estimate of drug-likeness (QED) is 0.599. The molecule has 0 radical (unpaired) electrons. The zero-order valence-corrected chi connectivity index (χ0v) is 17.9. The lowest BCUT2D eigenvalue weighted by Crippen LogP contribution is -2.26. The molecule has 0 atom stereocenters. The molecular formula is C24H24N2O5. The molecule has 0 fully saturated rings. The number of benzene rings is 2. The van der Waals surface area contributed by atoms with Gasteiger partial charge in [-0.15, -0.1) is 0 Å². The summed E-state index contributed by atoms with van der Waals surface area (Å²) < 4.78 is 10.4. The van der Waals surface area contributed by atoms with E-state index in [-0.39, 0.29) is 29.3 Å². The molecule has 0 aliphatic rings. The number of methoxy groups -OCH3 is 1. The van der Waals surface area contributed by atoms with Crippen LogP contribution in [0.15, 0.2) is 54.6 Å². The molecule has 3 aromatic rings. The molecule has 1 heterocycles. The van der Waals surface area contributed by atoms with Crippen LogP contribution in [-0.4, -0.2) is 36.4 Å². The number of amides is 1. The third-order valence-electron chi connectivity index (χ3n) is 4.70. The number of carbonyl (C=O) groups is 3. The number of nitrogens with zero attached hydrogens (tertiary/aromatic N) is 1. The van der Waals surface area contributed by atoms with Crippen molar-refractivity contribution in [2.45, 2.75) is 20.8 Å². The SMILES string of the molecule is COc1ccc2nc(C(=O)Nc3ccccc3C(=O)OCC(=O)C(C)(C)C)ccc2c1. The van der Waals surface area contributed by atoms with Crippen molar-refractivity contribution in [2.75, 3.05) is 19.0 Å². The van der Waals surface area contributed by atoms with E-state index in [1.165, 1.54) is 6.07 Å². The number of ketones is 1. The summed E-state index contributed by atoms with van der Waals surface area (Å²) in [6.07, 6.45) is 0. The Morgan fingerprint density at radius 1 is 1.00 bits per heavy atom. The number of esters is 1. The normalized spacial score (nSPS) is 11.1. The largest absolute Gasteiger partial charge is 0.497 e. The van der Waals surface area contributed by atoms with Crippen molar-refractivity contribution in [3.05, 3.63) is 65.9 Å². The van der Waals surface area contributed by atoms with E-state index in [1.54, 1.807) is 70.3 Å². The highest BCUT2D eigenvalue weighted by Crippen LogP contribution is 2.22. The van der Waals surface area contributed by atoms with Gasteiger partial charge in [-0.05, 0) is 36.4 Å². The molecule has 7 nitrogen and oxygen atoms in total. The van der Waals surface area contributed by atoms with E-state index in [0.29, 0.717) is 11.3 Å². The van der Waals surface area contributed by atoms with Crippen LogP contribution in [0.25, 0.3) is 10.9 Å². The van der Waals surface area contributed by atoms with Crippen molar-refractivity contribution in [2.24, 2.45) is 5.41 Å². The first-order valence-electron chi connectivity index (χ1n) is 9.74. The number of para-hydroxylation sites is 1. The first-order valence-corrected chi connectivity index (χ1v) is 9.74. The molecule has 3 rings (SSSR count). The lowest BCUT2D eigenvalue weighted by atomic mass is 9.91. The number of carbonyl (C=O) groups excluding carboxylic acids is 3. The summed E-state index contributed by atoms with van der Waals surface area (Å²) in [5.41, 5.74) is 0.658. The predicted molar refractivity (Wildman–Crippen MR) is 117 cm³/mol. The van der Waals surface area contributed by atoms with Crippen LogP contribution in [0, 0.1) is 5.41 Å². The van der Waals surface area contributed by atoms with Gasteiger partial charge in [-0.1, -0.05) is 39.0 Å². The van der Waals surface area contributed by atoms with E-state index in [9.17, 15) is 14.4 Å². The number of ether oxygens (including phenoxy) is 2. The van der Waals surface area contributed by atoms with Gasteiger partial charge in [-0.3, -0.25) is 9.59 Å². The Morgan fingerprint density at radius 3 is 2.45 bits per heavy atom. The van der Waals surface area contributed by atoms with Gasteiger partial charge in [0.05, 0.1) is 23.9 Å². The van der Waals surface area contributed by atoms with E-state index < -0.39 is 17.3 Å². The van der Waals surface area contributed by atoms with Crippen LogP contribution in [-0.2, 0) is 9.53 Å². The molecule has 2 aromatic carbocycles. The summed E-state index contributed by atoms with van der Waals surface area (Å²) in [6, 6.07) is 15.2. The number of fused-ring (bicyclic) bond motifs is 1. The number of aromatic nitrogens is 1. The maximum atomic E-state index is 12.7. The lowest BCUT2D eigenvalue weighted by molar-refractivity contribution is -0.129. The Hall–Kier alpha value is -3.74. The van der Waals surface area contributed by atoms with Crippen LogP contribution < -0.4 is 10.1 Å². The van der Waals surface area contributed by atoms with Crippen molar-refractivity contribution in [3.63, 3.8) is 0 Å². The van der Waals surface area contributed by atoms with Gasteiger partial charge >= 0.3 is 5.97 Å². The zero-order chi connectivity index (χ0) is 22.6. The molecule has 0 saturated heterocycles. The molecule has 1 amide bonds. The molecule has 0 bridgehead atoms. The van der Waals surface area contributed by atoms with Gasteiger partial charge in [0.15, 0.2) is 12.4 Å². The van der Waals surface area contributed by atoms with Crippen LogP contribution in [0.2, 0.25) is 0 Å². The van der Waals surface area contributed by atoms with Gasteiger partial charge in [0.1, 0.15) is 11.4 Å². The van der Waals surface area contributed by atoms with Crippen molar-refractivity contribution < 1.29 is 23.9 Å². The molecule has 0 aliphatic carbocycles. The van der Waals surface area contributed by atoms with Gasteiger partial charge in [0.25, 0.3) is 5.91 Å². The van der Waals surface area contributed by atoms with Gasteiger partial charge < -0.3 is 14.8 Å². The summed E-state index contributed by atoms with van der Waals surface area (Å²) in [6.45, 7) is 4.93. The van der Waals surface area contributed by atoms with Crippen molar-refractivity contribution in [1.82, 2.24) is 4.98 Å². The second-order valence-electron chi connectivity index (χ2n) is 8.00. The molecule has 0 aliphatic heterocycles. The van der Waals surface area contributed by atoms with Gasteiger partial charge in [0, 0.05) is 10.8 Å². The highest BCUT2D eigenvalue weighted by atomic mass is 16.5. The van der Waals surface area contributed by atoms with Crippen molar-refractivity contribution >= 4 is 34.3 Å². The average Bonchev–Trinajstić information content (AvgIpc) is 2.76. The first-order chi connectivity index (χ1) is 14.7. The second kappa shape index (κ2) is 8.95. The topological polar surface area (TPSA) is 94.6 Å². The monoisotopic (exact) mass is 420 g/mol. The molecule has 7 heteroatoms. The third-order valence-corrected chi connectivity index (χ3v) is 4.70. The van der Waals surface area contributed by atoms with E-state index in [1.807, 2.05) is 6.07 Å². The number of rotatable bonds is 6. The zero-order valence-electron chi connectivity index (χ0n) is 17.9. The van der Waals surface area contributed by atoms with Gasteiger partial charge in [-0.25, -0.2) is 9.78 Å². The fraction of sp³-hybridized carbons (Fsp3) is 0.250. The maximum absolute atomic E-state index is 12.7. The highest BCUT2D eigenvalue weighted by molar-refractivity contribution is 6.08. The van der Waals surface area contributed by atoms with Crippen LogP contribution in [0.3, 0.4) is 0 Å². The molecule has 1 aromatic heterocycles. The second-order valence-corrected chi connectivity index (χ2v) is 8.00. The number of hydrogen-bond donors (Lipinski definition) is 1. The lowest BCUT2D eigenvalue weighted by Gasteiger charge is -2.16. The number of nitrogens with one attached hydrogen (secondary N) is 1. The molecule has 160 valence electrons. The summed E-state index contributed by atoms with van der Waals surface area (Å²) in [4.78, 5) is 41.7. The van der Waals surface area contributed by atoms with E-state index in [4.69, 9.17) is 9.47 Å². The summed E-state index contributed by atoms with van der Waals surface area (Å²) in [5, 5.41) is 3.54. The number of hydrogen-bond acceptors (Lipinski definition) is 6. The molecule has 0 unspecified atom stereocenters.